The summed E-state index contributed by atoms with van der Waals surface area (Å²) >= 11 is 0. The first kappa shape index (κ1) is 26.5. The molecule has 0 aromatic heterocycles. The second-order valence-electron chi connectivity index (χ2n) is 5.80. The van der Waals surface area contributed by atoms with Crippen molar-refractivity contribution < 1.29 is 64.5 Å². The van der Waals surface area contributed by atoms with Gasteiger partial charge < -0.3 is 4.18 Å². The molecule has 17 heteroatoms. The van der Waals surface area contributed by atoms with Crippen LogP contribution < -0.4 is 4.18 Å². The van der Waals surface area contributed by atoms with Gasteiger partial charge in [-0.2, -0.15) is 56.7 Å². The van der Waals surface area contributed by atoms with Gasteiger partial charge in [0.05, 0.1) is 0 Å². The minimum atomic E-state index is -7.88. The van der Waals surface area contributed by atoms with E-state index in [1.165, 1.54) is 18.2 Å². The standard InChI is InChI=1S/C13H11F11O4S2/c1-29(2,27-8-6-4-3-5-7-8)28-30(25,26)13(23,24)11(18,19)9(14,15)10(16,17)12(20,21)22/h3-7H,1-2H3. The smallest absolute Gasteiger partial charge is 0.391 e. The molecule has 0 N–H and O–H groups in total. The summed E-state index contributed by atoms with van der Waals surface area (Å²) in [5.41, 5.74) is 0. The van der Waals surface area contributed by atoms with Gasteiger partial charge in [0.25, 0.3) is 0 Å². The van der Waals surface area contributed by atoms with Gasteiger partial charge in [-0.3, -0.25) is 0 Å². The van der Waals surface area contributed by atoms with E-state index < -0.39 is 49.9 Å². The summed E-state index contributed by atoms with van der Waals surface area (Å²) < 4.78 is 175. The van der Waals surface area contributed by atoms with Crippen LogP contribution in [0.15, 0.2) is 30.3 Å². The minimum absolute atomic E-state index is 0.253. The zero-order chi connectivity index (χ0) is 24.0. The monoisotopic (exact) mass is 504 g/mol. The van der Waals surface area contributed by atoms with Crippen molar-refractivity contribution in [1.29, 1.82) is 0 Å². The number of benzene rings is 1. The molecule has 0 fully saturated rings. The molecular weight excluding hydrogens is 493 g/mol. The lowest BCUT2D eigenvalue weighted by atomic mass is 10.0. The van der Waals surface area contributed by atoms with Gasteiger partial charge in [-0.25, -0.2) is 0 Å². The SMILES string of the molecule is CS(C)(Oc1ccccc1)OS(=O)(=O)C(F)(F)C(F)(F)C(F)(F)C(F)(F)C(F)(F)F. The van der Waals surface area contributed by atoms with Crippen molar-refractivity contribution in [1.82, 2.24) is 0 Å². The molecule has 0 saturated heterocycles. The lowest BCUT2D eigenvalue weighted by Crippen LogP contribution is -2.68. The molecule has 176 valence electrons. The molecule has 0 aliphatic heterocycles. The Morgan fingerprint density at radius 2 is 1.13 bits per heavy atom. The van der Waals surface area contributed by atoms with E-state index >= 15 is 0 Å². The van der Waals surface area contributed by atoms with E-state index in [1.54, 1.807) is 0 Å². The van der Waals surface area contributed by atoms with Gasteiger partial charge in [0.15, 0.2) is 5.75 Å². The Labute approximate surface area is 163 Å². The number of hydrogen-bond donors (Lipinski definition) is 0. The van der Waals surface area contributed by atoms with Crippen LogP contribution in [0.5, 0.6) is 5.75 Å². The Hall–Kier alpha value is -1.49. The van der Waals surface area contributed by atoms with Gasteiger partial charge in [-0.05, 0) is 12.1 Å². The summed E-state index contributed by atoms with van der Waals surface area (Å²) in [5.74, 6) is -23.6. The molecule has 0 aliphatic rings. The van der Waals surface area contributed by atoms with Crippen LogP contribution in [0.2, 0.25) is 0 Å². The first-order valence-electron chi connectivity index (χ1n) is 7.05. The molecule has 0 amide bonds. The van der Waals surface area contributed by atoms with Crippen LogP contribution in [0.4, 0.5) is 48.3 Å². The van der Waals surface area contributed by atoms with E-state index in [0.29, 0.717) is 12.5 Å². The number of para-hydroxylation sites is 1. The van der Waals surface area contributed by atoms with Gasteiger partial charge >= 0.3 is 39.3 Å². The number of hydrogen-bond acceptors (Lipinski definition) is 4. The van der Waals surface area contributed by atoms with Gasteiger partial charge in [0.2, 0.25) is 0 Å². The zero-order valence-corrected chi connectivity index (χ0v) is 16.1. The predicted molar refractivity (Wildman–Crippen MR) is 82.4 cm³/mol. The van der Waals surface area contributed by atoms with Gasteiger partial charge in [-0.1, -0.05) is 18.2 Å². The fourth-order valence-electron chi connectivity index (χ4n) is 1.70. The Bertz CT molecular complexity index is 852. The molecular formula is C13H11F11O4S2. The Morgan fingerprint density at radius 1 is 0.700 bits per heavy atom. The van der Waals surface area contributed by atoms with Crippen LogP contribution in [0, 0.1) is 0 Å². The summed E-state index contributed by atoms with van der Waals surface area (Å²) in [6.45, 7) is 0. The van der Waals surface area contributed by atoms with Crippen molar-refractivity contribution in [3.63, 3.8) is 0 Å². The third kappa shape index (κ3) is 4.42. The van der Waals surface area contributed by atoms with Crippen LogP contribution >= 0.6 is 10.6 Å². The fraction of sp³-hybridized carbons (Fsp3) is 0.538. The van der Waals surface area contributed by atoms with E-state index in [0.717, 1.165) is 12.1 Å². The second-order valence-corrected chi connectivity index (χ2v) is 10.2. The average molecular weight is 504 g/mol. The Kier molecular flexibility index (Phi) is 6.71. The fourth-order valence-corrected chi connectivity index (χ4v) is 4.89. The highest BCUT2D eigenvalue weighted by Gasteiger charge is 2.90. The maximum absolute atomic E-state index is 13.8. The minimum Gasteiger partial charge on any atom is -0.391 e. The number of rotatable bonds is 8. The van der Waals surface area contributed by atoms with Gasteiger partial charge in [0.1, 0.15) is 0 Å². The number of halogens is 11. The summed E-state index contributed by atoms with van der Waals surface area (Å²) in [6.07, 6.45) is -6.18. The third-order valence-electron chi connectivity index (χ3n) is 3.12. The zero-order valence-electron chi connectivity index (χ0n) is 14.5. The van der Waals surface area contributed by atoms with Crippen LogP contribution in [0.3, 0.4) is 0 Å². The molecule has 0 aliphatic carbocycles. The normalized spacial score (nSPS) is 15.8. The molecule has 1 rings (SSSR count). The molecule has 0 spiro atoms. The molecule has 0 unspecified atom stereocenters. The molecule has 0 heterocycles. The Balaban J connectivity index is 3.35. The summed E-state index contributed by atoms with van der Waals surface area (Å²) in [5, 5.41) is -7.22. The first-order chi connectivity index (χ1) is 13.0. The highest BCUT2D eigenvalue weighted by molar-refractivity contribution is 8.28. The predicted octanol–water partition coefficient (Wildman–Crippen LogP) is 5.37. The van der Waals surface area contributed by atoms with E-state index in [1.807, 2.05) is 0 Å². The van der Waals surface area contributed by atoms with Crippen LogP contribution in [0.1, 0.15) is 0 Å². The number of alkyl halides is 11. The van der Waals surface area contributed by atoms with E-state index in [4.69, 9.17) is 4.18 Å². The molecule has 30 heavy (non-hydrogen) atoms. The van der Waals surface area contributed by atoms with Crippen molar-refractivity contribution in [2.75, 3.05) is 12.5 Å². The van der Waals surface area contributed by atoms with Crippen LogP contribution in [0.25, 0.3) is 0 Å². The quantitative estimate of drug-likeness (QED) is 0.447. The maximum atomic E-state index is 13.8. The average Bonchev–Trinajstić information content (AvgIpc) is 2.52. The summed E-state index contributed by atoms with van der Waals surface area (Å²) in [4.78, 5) is 0. The topological polar surface area (TPSA) is 52.6 Å². The van der Waals surface area contributed by atoms with Crippen LogP contribution in [-0.4, -0.2) is 50.1 Å². The van der Waals surface area contributed by atoms with Gasteiger partial charge in [0, 0.05) is 12.5 Å². The largest absolute Gasteiger partial charge is 0.460 e. The van der Waals surface area contributed by atoms with Crippen molar-refractivity contribution in [2.45, 2.75) is 29.2 Å². The van der Waals surface area contributed by atoms with Crippen molar-refractivity contribution in [3.05, 3.63) is 30.3 Å². The molecule has 0 bridgehead atoms. The highest BCUT2D eigenvalue weighted by atomic mass is 32.3. The maximum Gasteiger partial charge on any atom is 0.460 e. The van der Waals surface area contributed by atoms with Crippen molar-refractivity contribution >= 4 is 20.7 Å². The third-order valence-corrected chi connectivity index (χ3v) is 6.62. The molecule has 1 aromatic carbocycles. The Morgan fingerprint density at radius 3 is 1.53 bits per heavy atom. The molecule has 4 nitrogen and oxygen atoms in total. The van der Waals surface area contributed by atoms with E-state index in [9.17, 15) is 56.7 Å². The molecule has 1 aromatic rings. The lowest BCUT2D eigenvalue weighted by molar-refractivity contribution is -0.413. The first-order valence-corrected chi connectivity index (χ1v) is 10.8. The van der Waals surface area contributed by atoms with Crippen molar-refractivity contribution in [3.8, 4) is 5.75 Å². The second kappa shape index (κ2) is 7.58. The highest BCUT2D eigenvalue weighted by Crippen LogP contribution is 2.60. The van der Waals surface area contributed by atoms with E-state index in [2.05, 4.69) is 3.63 Å². The van der Waals surface area contributed by atoms with E-state index in [-0.39, 0.29) is 5.75 Å². The summed E-state index contributed by atoms with van der Waals surface area (Å²) in [7, 11) is -11.0. The molecule has 0 atom stereocenters. The van der Waals surface area contributed by atoms with Crippen LogP contribution in [-0.2, 0) is 13.7 Å². The lowest BCUT2D eigenvalue weighted by Gasteiger charge is -2.39. The molecule has 0 saturated carbocycles. The molecule has 0 radical (unpaired) electrons. The summed E-state index contributed by atoms with van der Waals surface area (Å²) in [6, 6.07) is 6.25. The van der Waals surface area contributed by atoms with Gasteiger partial charge in [-0.15, -0.1) is 14.2 Å². The van der Waals surface area contributed by atoms with Crippen molar-refractivity contribution in [2.24, 2.45) is 0 Å².